The molecule has 4 heterocycles. The lowest BCUT2D eigenvalue weighted by Gasteiger charge is -2.08. The summed E-state index contributed by atoms with van der Waals surface area (Å²) >= 11 is 0. The molecule has 0 saturated carbocycles. The summed E-state index contributed by atoms with van der Waals surface area (Å²) in [6.45, 7) is 10.9. The maximum Gasteiger partial charge on any atom is 0.508 e. The summed E-state index contributed by atoms with van der Waals surface area (Å²) in [4.78, 5) is 42.2. The Balaban J connectivity index is -0.0000000851. The molecule has 4 saturated heterocycles. The molecule has 2 N–H and O–H groups in total. The minimum absolute atomic E-state index is 0. The van der Waals surface area contributed by atoms with Gasteiger partial charge in [-0.2, -0.15) is 0 Å². The summed E-state index contributed by atoms with van der Waals surface area (Å²) < 4.78 is 58.7. The predicted octanol–water partition coefficient (Wildman–Crippen LogP) is 8.41. The van der Waals surface area contributed by atoms with Crippen LogP contribution in [0.5, 0.6) is 0 Å². The fourth-order valence-electron chi connectivity index (χ4n) is 3.90. The summed E-state index contributed by atoms with van der Waals surface area (Å²) in [6.07, 6.45) is 5.68. The van der Waals surface area contributed by atoms with Crippen LogP contribution in [-0.4, -0.2) is 153 Å². The maximum absolute atomic E-state index is 10.7. The summed E-state index contributed by atoms with van der Waals surface area (Å²) in [5.74, 6) is 0. The van der Waals surface area contributed by atoms with Gasteiger partial charge in [-0.05, 0) is 19.3 Å². The number of hydrogen-bond acceptors (Lipinski definition) is 18. The molecule has 0 spiro atoms. The van der Waals surface area contributed by atoms with Gasteiger partial charge in [-0.25, -0.2) is 19.2 Å². The van der Waals surface area contributed by atoms with Crippen molar-refractivity contribution in [1.82, 2.24) is 0 Å². The highest BCUT2D eigenvalue weighted by Gasteiger charge is 2.27. The summed E-state index contributed by atoms with van der Waals surface area (Å²) in [5, 5.41) is 14.0. The normalized spacial score (nSPS) is 18.3. The van der Waals surface area contributed by atoms with Crippen molar-refractivity contribution in [2.45, 2.75) is 136 Å². The van der Waals surface area contributed by atoms with E-state index in [9.17, 15) is 19.2 Å². The first-order chi connectivity index (χ1) is 24.4. The van der Waals surface area contributed by atoms with Crippen LogP contribution in [0.1, 0.15) is 111 Å². The van der Waals surface area contributed by atoms with Crippen LogP contribution in [0.15, 0.2) is 12.7 Å². The first-order valence-corrected chi connectivity index (χ1v) is 16.5. The van der Waals surface area contributed by atoms with Gasteiger partial charge in [-0.15, -0.1) is 6.58 Å². The lowest BCUT2D eigenvalue weighted by Crippen LogP contribution is -2.18. The van der Waals surface area contributed by atoms with Gasteiger partial charge in [0.25, 0.3) is 0 Å². The van der Waals surface area contributed by atoms with Gasteiger partial charge in [0.15, 0.2) is 24.4 Å². The summed E-state index contributed by atoms with van der Waals surface area (Å²) in [6, 6.07) is 0. The molecular weight excluding hydrogens is 768 g/mol. The molecule has 4 atom stereocenters. The van der Waals surface area contributed by atoms with Crippen LogP contribution in [0.25, 0.3) is 0 Å². The molecule has 4 unspecified atom stereocenters. The van der Waals surface area contributed by atoms with Crippen molar-refractivity contribution in [1.29, 1.82) is 0 Å². The first kappa shape index (κ1) is 75.4. The van der Waals surface area contributed by atoms with E-state index in [1.807, 2.05) is 0 Å². The lowest BCUT2D eigenvalue weighted by molar-refractivity contribution is 0.0425. The SMILES string of the molecule is C.C.C.C.C.C.C.C.C=CCOCC1COC(=O)O1.CCCCOCC1COC(=O)O1.CO.CO.O=C1OCC(COCCCCCCCOCC2COC(=O)O2)O1. The second-order valence-electron chi connectivity index (χ2n) is 10.4. The Bertz CT molecular complexity index is 858. The van der Waals surface area contributed by atoms with Crippen molar-refractivity contribution in [2.24, 2.45) is 0 Å². The molecule has 18 heteroatoms. The van der Waals surface area contributed by atoms with Crippen LogP contribution < -0.4 is 0 Å². The van der Waals surface area contributed by atoms with Crippen molar-refractivity contribution in [3.05, 3.63) is 12.7 Å². The fourth-order valence-corrected chi connectivity index (χ4v) is 3.90. The largest absolute Gasteiger partial charge is 0.508 e. The molecule has 4 aliphatic rings. The number of ether oxygens (including phenoxy) is 12. The molecular formula is C40H88O18. The van der Waals surface area contributed by atoms with Crippen molar-refractivity contribution in [3.63, 3.8) is 0 Å². The summed E-state index contributed by atoms with van der Waals surface area (Å²) in [7, 11) is 2.00. The molecule has 0 aromatic carbocycles. The minimum atomic E-state index is -0.614. The van der Waals surface area contributed by atoms with E-state index in [4.69, 9.17) is 43.4 Å². The number of hydrogen-bond donors (Lipinski definition) is 2. The Hall–Kier alpha value is -3.42. The standard InChI is InChI=1S/C15H24O8.C8H14O4.C7H10O4.2CH4O.8CH4/c16-14-20-10-12(22-14)8-18-6-4-2-1-3-5-7-19-9-13-11-21-15(17)23-13;1-2-3-4-10-5-7-6-11-8(9)12-7;1-2-3-9-4-6-5-10-7(8)11-6;2*1-2;;;;;;;;/h12-13H,1-11H2;7H,2-6H2,1H3;2,6H,1,3-5H2;2*2H,1H3;8*1H4. The second kappa shape index (κ2) is 53.6. The molecule has 356 valence electrons. The Kier molecular flexibility index (Phi) is 69.7. The van der Waals surface area contributed by atoms with Crippen LogP contribution in [0, 0.1) is 0 Å². The molecule has 0 radical (unpaired) electrons. The molecule has 0 aromatic rings. The van der Waals surface area contributed by atoms with E-state index in [0.717, 1.165) is 65.8 Å². The number of aliphatic hydroxyl groups excluding tert-OH is 2. The number of aliphatic hydroxyl groups is 2. The summed E-state index contributed by atoms with van der Waals surface area (Å²) in [5.41, 5.74) is 0. The minimum Gasteiger partial charge on any atom is -0.430 e. The molecule has 0 amide bonds. The fraction of sp³-hybridized carbons (Fsp3) is 0.850. The lowest BCUT2D eigenvalue weighted by atomic mass is 10.1. The zero-order valence-electron chi connectivity index (χ0n) is 29.5. The molecule has 4 fully saturated rings. The van der Waals surface area contributed by atoms with E-state index < -0.39 is 24.6 Å². The van der Waals surface area contributed by atoms with E-state index >= 15 is 0 Å². The highest BCUT2D eigenvalue weighted by molar-refractivity contribution is 5.62. The molecule has 4 aliphatic heterocycles. The number of rotatable bonds is 21. The average Bonchev–Trinajstić information content (AvgIpc) is 3.94. The van der Waals surface area contributed by atoms with E-state index in [2.05, 4.69) is 37.2 Å². The van der Waals surface area contributed by atoms with Crippen LogP contribution in [0.3, 0.4) is 0 Å². The molecule has 18 nitrogen and oxygen atoms in total. The number of carbonyl (C=O) groups excluding carboxylic acids is 4. The van der Waals surface area contributed by atoms with Crippen LogP contribution >= 0.6 is 0 Å². The van der Waals surface area contributed by atoms with E-state index in [-0.39, 0.29) is 104 Å². The number of cyclic esters (lactones) is 8. The Labute approximate surface area is 352 Å². The van der Waals surface area contributed by atoms with Crippen LogP contribution in [0.2, 0.25) is 0 Å². The smallest absolute Gasteiger partial charge is 0.430 e. The van der Waals surface area contributed by atoms with Crippen molar-refractivity contribution < 1.29 is 86.2 Å². The highest BCUT2D eigenvalue weighted by Crippen LogP contribution is 2.10. The molecule has 58 heavy (non-hydrogen) atoms. The molecule has 0 aromatic heterocycles. The topological polar surface area (TPSA) is 219 Å². The third kappa shape index (κ3) is 42.2. The first-order valence-electron chi connectivity index (χ1n) is 16.5. The van der Waals surface area contributed by atoms with Crippen molar-refractivity contribution in [2.75, 3.05) is 93.5 Å². The Morgan fingerprint density at radius 2 is 0.741 bits per heavy atom. The van der Waals surface area contributed by atoms with E-state index in [1.165, 1.54) is 0 Å². The van der Waals surface area contributed by atoms with Crippen molar-refractivity contribution >= 4 is 24.6 Å². The van der Waals surface area contributed by atoms with Gasteiger partial charge in [0.1, 0.15) is 26.4 Å². The van der Waals surface area contributed by atoms with Gasteiger partial charge < -0.3 is 67.1 Å². The Morgan fingerprint density at radius 3 is 0.983 bits per heavy atom. The van der Waals surface area contributed by atoms with Gasteiger partial charge >= 0.3 is 24.6 Å². The molecule has 0 bridgehead atoms. The van der Waals surface area contributed by atoms with E-state index in [0.29, 0.717) is 52.9 Å². The number of unbranched alkanes of at least 4 members (excludes halogenated alkanes) is 5. The molecule has 4 rings (SSSR count). The van der Waals surface area contributed by atoms with Gasteiger partial charge in [-0.3, -0.25) is 0 Å². The molecule has 0 aliphatic carbocycles. The zero-order valence-corrected chi connectivity index (χ0v) is 29.5. The maximum atomic E-state index is 10.7. The zero-order chi connectivity index (χ0) is 37.2. The van der Waals surface area contributed by atoms with Gasteiger partial charge in [0, 0.05) is 34.0 Å². The van der Waals surface area contributed by atoms with Crippen molar-refractivity contribution in [3.8, 4) is 0 Å². The Morgan fingerprint density at radius 1 is 0.483 bits per heavy atom. The monoisotopic (exact) mass is 857 g/mol. The third-order valence-electron chi connectivity index (χ3n) is 6.27. The number of carbonyl (C=O) groups is 4. The quantitative estimate of drug-likeness (QED) is 0.0479. The van der Waals surface area contributed by atoms with E-state index in [1.54, 1.807) is 6.08 Å². The van der Waals surface area contributed by atoms with Gasteiger partial charge in [-0.1, -0.05) is 98.1 Å². The van der Waals surface area contributed by atoms with Gasteiger partial charge in [0.05, 0.1) is 33.0 Å². The van der Waals surface area contributed by atoms with Gasteiger partial charge in [0.2, 0.25) is 0 Å². The third-order valence-corrected chi connectivity index (χ3v) is 6.27. The second-order valence-corrected chi connectivity index (χ2v) is 10.4. The van der Waals surface area contributed by atoms with Crippen LogP contribution in [0.4, 0.5) is 19.2 Å². The highest BCUT2D eigenvalue weighted by atomic mass is 16.8. The predicted molar refractivity (Wildman–Crippen MR) is 226 cm³/mol. The average molecular weight is 857 g/mol. The van der Waals surface area contributed by atoms with Crippen LogP contribution in [-0.2, 0) is 56.8 Å².